The fraction of sp³-hybridized carbons (Fsp3) is 0.583. The van der Waals surface area contributed by atoms with Gasteiger partial charge >= 0.3 is 0 Å². The molecule has 0 saturated carbocycles. The van der Waals surface area contributed by atoms with E-state index in [1.54, 1.807) is 25.2 Å². The fourth-order valence-corrected chi connectivity index (χ4v) is 1.69. The molecule has 1 aliphatic carbocycles. The Labute approximate surface area is 95.2 Å². The van der Waals surface area contributed by atoms with Crippen LogP contribution in [0.2, 0.25) is 0 Å². The standard InChI is InChI=1S/C12H18O4/c1-9(14)7-10-3-4-11(16-6-5-13)8-12(10,2)15/h3-4,8,10,13,15H,5-7H2,1-2H3. The van der Waals surface area contributed by atoms with E-state index >= 15 is 0 Å². The van der Waals surface area contributed by atoms with Crippen LogP contribution in [0, 0.1) is 5.92 Å². The van der Waals surface area contributed by atoms with Crippen molar-refractivity contribution in [3.05, 3.63) is 24.0 Å². The van der Waals surface area contributed by atoms with Crippen LogP contribution in [-0.4, -0.2) is 34.8 Å². The topological polar surface area (TPSA) is 66.8 Å². The van der Waals surface area contributed by atoms with Crippen LogP contribution < -0.4 is 0 Å². The molecule has 4 nitrogen and oxygen atoms in total. The van der Waals surface area contributed by atoms with Gasteiger partial charge in [0.1, 0.15) is 18.1 Å². The summed E-state index contributed by atoms with van der Waals surface area (Å²) in [5.41, 5.74) is -1.08. The van der Waals surface area contributed by atoms with Gasteiger partial charge in [-0.05, 0) is 26.0 Å². The SMILES string of the molecule is CC(=O)CC1C=CC(OCCO)=CC1(C)O. The molecule has 0 radical (unpaired) electrons. The van der Waals surface area contributed by atoms with Crippen molar-refractivity contribution >= 4 is 5.78 Å². The monoisotopic (exact) mass is 226 g/mol. The second-order valence-corrected chi connectivity index (χ2v) is 4.22. The zero-order valence-corrected chi connectivity index (χ0v) is 9.64. The maximum atomic E-state index is 11.0. The second kappa shape index (κ2) is 5.27. The van der Waals surface area contributed by atoms with Gasteiger partial charge in [0, 0.05) is 12.3 Å². The molecule has 0 saturated heterocycles. The Morgan fingerprint density at radius 3 is 2.81 bits per heavy atom. The maximum absolute atomic E-state index is 11.0. The number of ether oxygens (including phenoxy) is 1. The highest BCUT2D eigenvalue weighted by atomic mass is 16.5. The van der Waals surface area contributed by atoms with Crippen molar-refractivity contribution in [2.45, 2.75) is 25.9 Å². The normalized spacial score (nSPS) is 28.8. The quantitative estimate of drug-likeness (QED) is 0.727. The molecule has 0 aromatic rings. The number of allylic oxidation sites excluding steroid dienone is 1. The predicted octanol–water partition coefficient (Wildman–Crippen LogP) is 0.795. The summed E-state index contributed by atoms with van der Waals surface area (Å²) in [7, 11) is 0. The molecule has 2 N–H and O–H groups in total. The van der Waals surface area contributed by atoms with Gasteiger partial charge in [-0.1, -0.05) is 6.08 Å². The van der Waals surface area contributed by atoms with Crippen LogP contribution in [0.1, 0.15) is 20.3 Å². The summed E-state index contributed by atoms with van der Waals surface area (Å²) in [6, 6.07) is 0. The van der Waals surface area contributed by atoms with E-state index in [0.717, 1.165) is 0 Å². The van der Waals surface area contributed by atoms with Gasteiger partial charge in [-0.15, -0.1) is 0 Å². The molecule has 0 aliphatic heterocycles. The first-order valence-corrected chi connectivity index (χ1v) is 5.32. The number of ketones is 1. The zero-order chi connectivity index (χ0) is 12.2. The molecule has 0 amide bonds. The van der Waals surface area contributed by atoms with Gasteiger partial charge in [-0.3, -0.25) is 0 Å². The number of Topliss-reactive ketones (excluding diaryl/α,β-unsaturated/α-hetero) is 1. The number of carbonyl (C=O) groups is 1. The molecule has 0 aromatic carbocycles. The maximum Gasteiger partial charge on any atom is 0.130 e. The third-order valence-electron chi connectivity index (χ3n) is 2.55. The minimum atomic E-state index is -1.08. The van der Waals surface area contributed by atoms with E-state index in [9.17, 15) is 9.90 Å². The van der Waals surface area contributed by atoms with E-state index < -0.39 is 5.60 Å². The van der Waals surface area contributed by atoms with E-state index in [1.807, 2.05) is 0 Å². The number of rotatable bonds is 5. The largest absolute Gasteiger partial charge is 0.491 e. The minimum Gasteiger partial charge on any atom is -0.491 e. The van der Waals surface area contributed by atoms with Gasteiger partial charge in [0.25, 0.3) is 0 Å². The van der Waals surface area contributed by atoms with Gasteiger partial charge in [-0.25, -0.2) is 0 Å². The highest BCUT2D eigenvalue weighted by Gasteiger charge is 2.32. The van der Waals surface area contributed by atoms with Crippen molar-refractivity contribution in [3.8, 4) is 0 Å². The number of aliphatic hydroxyl groups is 2. The molecule has 0 heterocycles. The summed E-state index contributed by atoms with van der Waals surface area (Å²) in [6.07, 6.45) is 5.39. The first kappa shape index (κ1) is 12.9. The van der Waals surface area contributed by atoms with Crippen LogP contribution in [0.4, 0.5) is 0 Å². The van der Waals surface area contributed by atoms with Crippen LogP contribution in [0.3, 0.4) is 0 Å². The summed E-state index contributed by atoms with van der Waals surface area (Å²) < 4.78 is 5.20. The van der Waals surface area contributed by atoms with Crippen molar-refractivity contribution in [2.24, 2.45) is 5.92 Å². The van der Waals surface area contributed by atoms with Crippen LogP contribution in [0.15, 0.2) is 24.0 Å². The second-order valence-electron chi connectivity index (χ2n) is 4.22. The Morgan fingerprint density at radius 2 is 2.31 bits per heavy atom. The van der Waals surface area contributed by atoms with Gasteiger partial charge in [0.2, 0.25) is 0 Å². The van der Waals surface area contributed by atoms with E-state index in [4.69, 9.17) is 9.84 Å². The van der Waals surface area contributed by atoms with E-state index in [2.05, 4.69) is 0 Å². The molecule has 90 valence electrons. The van der Waals surface area contributed by atoms with E-state index in [1.165, 1.54) is 6.92 Å². The molecule has 16 heavy (non-hydrogen) atoms. The van der Waals surface area contributed by atoms with Crippen LogP contribution in [-0.2, 0) is 9.53 Å². The van der Waals surface area contributed by atoms with Gasteiger partial charge in [0.05, 0.1) is 12.2 Å². The van der Waals surface area contributed by atoms with Gasteiger partial charge in [-0.2, -0.15) is 0 Å². The van der Waals surface area contributed by atoms with Crippen molar-refractivity contribution in [2.75, 3.05) is 13.2 Å². The highest BCUT2D eigenvalue weighted by molar-refractivity contribution is 5.76. The van der Waals surface area contributed by atoms with Crippen molar-refractivity contribution in [3.63, 3.8) is 0 Å². The Balaban J connectivity index is 2.68. The summed E-state index contributed by atoms with van der Waals surface area (Å²) in [5, 5.41) is 18.7. The average molecular weight is 226 g/mol. The molecular weight excluding hydrogens is 208 g/mol. The molecule has 1 rings (SSSR count). The zero-order valence-electron chi connectivity index (χ0n) is 9.64. The molecule has 4 heteroatoms. The third kappa shape index (κ3) is 3.47. The summed E-state index contributed by atoms with van der Waals surface area (Å²) >= 11 is 0. The van der Waals surface area contributed by atoms with Crippen molar-refractivity contribution in [1.82, 2.24) is 0 Å². The number of hydrogen-bond acceptors (Lipinski definition) is 4. The van der Waals surface area contributed by atoms with Crippen molar-refractivity contribution in [1.29, 1.82) is 0 Å². The van der Waals surface area contributed by atoms with Gasteiger partial charge < -0.3 is 19.7 Å². The first-order chi connectivity index (χ1) is 7.45. The Hall–Kier alpha value is -1.13. The summed E-state index contributed by atoms with van der Waals surface area (Å²) in [6.45, 7) is 3.28. The lowest BCUT2D eigenvalue weighted by Gasteiger charge is -2.30. The summed E-state index contributed by atoms with van der Waals surface area (Å²) in [5.74, 6) is 0.355. The molecule has 0 spiro atoms. The molecule has 1 aliphatic rings. The summed E-state index contributed by atoms with van der Waals surface area (Å²) in [4.78, 5) is 11.0. The molecule has 0 aromatic heterocycles. The van der Waals surface area contributed by atoms with Crippen LogP contribution in [0.25, 0.3) is 0 Å². The van der Waals surface area contributed by atoms with Crippen molar-refractivity contribution < 1.29 is 19.7 Å². The molecular formula is C12H18O4. The first-order valence-electron chi connectivity index (χ1n) is 5.32. The molecule has 0 bridgehead atoms. The molecule has 2 unspecified atom stereocenters. The lowest BCUT2D eigenvalue weighted by Crippen LogP contribution is -2.34. The molecule has 2 atom stereocenters. The lowest BCUT2D eigenvalue weighted by molar-refractivity contribution is -0.119. The lowest BCUT2D eigenvalue weighted by atomic mass is 9.82. The highest BCUT2D eigenvalue weighted by Crippen LogP contribution is 2.29. The fourth-order valence-electron chi connectivity index (χ4n) is 1.69. The average Bonchev–Trinajstić information content (AvgIpc) is 2.17. The predicted molar refractivity (Wildman–Crippen MR) is 59.7 cm³/mol. The molecule has 0 fully saturated rings. The van der Waals surface area contributed by atoms with Crippen LogP contribution in [0.5, 0.6) is 0 Å². The smallest absolute Gasteiger partial charge is 0.130 e. The van der Waals surface area contributed by atoms with E-state index in [0.29, 0.717) is 12.2 Å². The third-order valence-corrected chi connectivity index (χ3v) is 2.55. The van der Waals surface area contributed by atoms with Gasteiger partial charge in [0.15, 0.2) is 0 Å². The number of carbonyl (C=O) groups excluding carboxylic acids is 1. The van der Waals surface area contributed by atoms with E-state index in [-0.39, 0.29) is 24.9 Å². The Bertz CT molecular complexity index is 315. The minimum absolute atomic E-state index is 0.0445. The Kier molecular flexibility index (Phi) is 4.26. The number of hydrogen-bond donors (Lipinski definition) is 2. The Morgan fingerprint density at radius 1 is 1.62 bits per heavy atom. The van der Waals surface area contributed by atoms with Crippen LogP contribution >= 0.6 is 0 Å². The number of aliphatic hydroxyl groups excluding tert-OH is 1.